The van der Waals surface area contributed by atoms with Crippen molar-refractivity contribution in [1.29, 1.82) is 0 Å². The van der Waals surface area contributed by atoms with Crippen molar-refractivity contribution in [3.05, 3.63) is 34.4 Å². The molecule has 0 aromatic heterocycles. The summed E-state index contributed by atoms with van der Waals surface area (Å²) in [6.45, 7) is 6.57. The fraction of sp³-hybridized carbons (Fsp3) is 0.538. The lowest BCUT2D eigenvalue weighted by Crippen LogP contribution is -2.38. The number of aryl methyl sites for hydroxylation is 3. The average molecular weight is 189 g/mol. The molecule has 1 aliphatic carbocycles. The Morgan fingerprint density at radius 3 is 2.00 bits per heavy atom. The molecule has 0 aliphatic heterocycles. The van der Waals surface area contributed by atoms with Crippen LogP contribution in [0, 0.1) is 20.8 Å². The Morgan fingerprint density at radius 2 is 1.64 bits per heavy atom. The SMILES string of the molecule is Cc1cc(C)c(C2CCC2N)c(C)c1. The second-order valence-corrected chi connectivity index (χ2v) is 4.66. The van der Waals surface area contributed by atoms with Crippen molar-refractivity contribution in [3.63, 3.8) is 0 Å². The molecule has 0 bridgehead atoms. The Hall–Kier alpha value is -0.820. The van der Waals surface area contributed by atoms with Gasteiger partial charge in [0, 0.05) is 6.04 Å². The van der Waals surface area contributed by atoms with E-state index in [2.05, 4.69) is 32.9 Å². The summed E-state index contributed by atoms with van der Waals surface area (Å²) < 4.78 is 0. The molecule has 0 heterocycles. The van der Waals surface area contributed by atoms with Gasteiger partial charge in [-0.25, -0.2) is 0 Å². The third-order valence-electron chi connectivity index (χ3n) is 3.44. The summed E-state index contributed by atoms with van der Waals surface area (Å²) in [7, 11) is 0. The van der Waals surface area contributed by atoms with Crippen molar-refractivity contribution >= 4 is 0 Å². The van der Waals surface area contributed by atoms with Crippen molar-refractivity contribution in [3.8, 4) is 0 Å². The molecule has 0 radical (unpaired) electrons. The first-order valence-electron chi connectivity index (χ1n) is 5.43. The molecule has 2 N–H and O–H groups in total. The molecule has 2 atom stereocenters. The first kappa shape index (κ1) is 9.72. The lowest BCUT2D eigenvalue weighted by Gasteiger charge is -2.36. The van der Waals surface area contributed by atoms with Crippen LogP contribution in [0.1, 0.15) is 41.0 Å². The third kappa shape index (κ3) is 1.46. The highest BCUT2D eigenvalue weighted by Gasteiger charge is 2.30. The van der Waals surface area contributed by atoms with Gasteiger partial charge in [-0.15, -0.1) is 0 Å². The minimum absolute atomic E-state index is 0.398. The van der Waals surface area contributed by atoms with Gasteiger partial charge in [0.25, 0.3) is 0 Å². The Balaban J connectivity index is 2.42. The Bertz CT molecular complexity index is 331. The lowest BCUT2D eigenvalue weighted by molar-refractivity contribution is 0.344. The highest BCUT2D eigenvalue weighted by molar-refractivity contribution is 5.41. The van der Waals surface area contributed by atoms with Crippen LogP contribution in [0.5, 0.6) is 0 Å². The molecular weight excluding hydrogens is 170 g/mol. The van der Waals surface area contributed by atoms with Crippen LogP contribution >= 0.6 is 0 Å². The quantitative estimate of drug-likeness (QED) is 0.722. The van der Waals surface area contributed by atoms with Crippen LogP contribution < -0.4 is 5.73 Å². The topological polar surface area (TPSA) is 26.0 Å². The molecule has 1 saturated carbocycles. The molecule has 0 saturated heterocycles. The van der Waals surface area contributed by atoms with Gasteiger partial charge >= 0.3 is 0 Å². The zero-order chi connectivity index (χ0) is 10.3. The zero-order valence-electron chi connectivity index (χ0n) is 9.30. The van der Waals surface area contributed by atoms with E-state index in [0.29, 0.717) is 12.0 Å². The summed E-state index contributed by atoms with van der Waals surface area (Å²) in [6, 6.07) is 4.94. The van der Waals surface area contributed by atoms with E-state index in [-0.39, 0.29) is 0 Å². The average Bonchev–Trinajstić information content (AvgIpc) is 2.08. The number of hydrogen-bond acceptors (Lipinski definition) is 1. The Labute approximate surface area is 86.3 Å². The molecule has 0 spiro atoms. The minimum atomic E-state index is 0.398. The van der Waals surface area contributed by atoms with Crippen molar-refractivity contribution in [2.45, 2.75) is 45.6 Å². The van der Waals surface area contributed by atoms with Gasteiger partial charge in [0.1, 0.15) is 0 Å². The van der Waals surface area contributed by atoms with E-state index in [0.717, 1.165) is 0 Å². The number of hydrogen-bond donors (Lipinski definition) is 1. The van der Waals surface area contributed by atoms with Crippen LogP contribution in [0.4, 0.5) is 0 Å². The van der Waals surface area contributed by atoms with E-state index in [1.54, 1.807) is 0 Å². The van der Waals surface area contributed by atoms with Gasteiger partial charge in [0.05, 0.1) is 0 Å². The molecule has 1 aliphatic rings. The summed E-state index contributed by atoms with van der Waals surface area (Å²) in [5.74, 6) is 0.621. The molecular formula is C13H19N. The van der Waals surface area contributed by atoms with Gasteiger partial charge in [-0.3, -0.25) is 0 Å². The number of rotatable bonds is 1. The van der Waals surface area contributed by atoms with Gasteiger partial charge < -0.3 is 5.73 Å². The summed E-state index contributed by atoms with van der Waals surface area (Å²) in [6.07, 6.45) is 2.46. The maximum Gasteiger partial charge on any atom is 0.0108 e. The van der Waals surface area contributed by atoms with Crippen LogP contribution in [0.25, 0.3) is 0 Å². The molecule has 1 heteroatoms. The van der Waals surface area contributed by atoms with E-state index in [1.165, 1.54) is 35.1 Å². The first-order valence-corrected chi connectivity index (χ1v) is 5.43. The van der Waals surface area contributed by atoms with Crippen molar-refractivity contribution < 1.29 is 0 Å². The second-order valence-electron chi connectivity index (χ2n) is 4.66. The van der Waals surface area contributed by atoms with Crippen LogP contribution in [-0.2, 0) is 0 Å². The van der Waals surface area contributed by atoms with Crippen LogP contribution in [0.15, 0.2) is 12.1 Å². The molecule has 2 rings (SSSR count). The van der Waals surface area contributed by atoms with Crippen molar-refractivity contribution in [1.82, 2.24) is 0 Å². The van der Waals surface area contributed by atoms with E-state index in [9.17, 15) is 0 Å². The zero-order valence-corrected chi connectivity index (χ0v) is 9.30. The highest BCUT2D eigenvalue weighted by Crippen LogP contribution is 2.39. The molecule has 0 amide bonds. The minimum Gasteiger partial charge on any atom is -0.327 e. The predicted molar refractivity (Wildman–Crippen MR) is 60.6 cm³/mol. The molecule has 1 nitrogen and oxygen atoms in total. The highest BCUT2D eigenvalue weighted by atomic mass is 14.7. The van der Waals surface area contributed by atoms with Gasteiger partial charge in [-0.05, 0) is 56.2 Å². The normalized spacial score (nSPS) is 26.0. The standard InChI is InChI=1S/C13H19N/c1-8-6-9(2)13(10(3)7-8)11-4-5-12(11)14/h6-7,11-12H,4-5,14H2,1-3H3. The van der Waals surface area contributed by atoms with Crippen molar-refractivity contribution in [2.24, 2.45) is 5.73 Å². The van der Waals surface area contributed by atoms with Crippen LogP contribution in [-0.4, -0.2) is 6.04 Å². The van der Waals surface area contributed by atoms with E-state index in [1.807, 2.05) is 0 Å². The third-order valence-corrected chi connectivity index (χ3v) is 3.44. The fourth-order valence-electron chi connectivity index (χ4n) is 2.66. The predicted octanol–water partition coefficient (Wildman–Crippen LogP) is 2.82. The fourth-order valence-corrected chi connectivity index (χ4v) is 2.66. The van der Waals surface area contributed by atoms with Crippen LogP contribution in [0.3, 0.4) is 0 Å². The summed E-state index contributed by atoms with van der Waals surface area (Å²) in [4.78, 5) is 0. The van der Waals surface area contributed by atoms with Gasteiger partial charge in [0.2, 0.25) is 0 Å². The summed E-state index contributed by atoms with van der Waals surface area (Å²) in [5, 5.41) is 0. The van der Waals surface area contributed by atoms with Gasteiger partial charge in [-0.1, -0.05) is 17.7 Å². The van der Waals surface area contributed by atoms with E-state index in [4.69, 9.17) is 5.73 Å². The first-order chi connectivity index (χ1) is 6.59. The molecule has 1 fully saturated rings. The molecule has 2 unspecified atom stereocenters. The Morgan fingerprint density at radius 1 is 1.07 bits per heavy atom. The van der Waals surface area contributed by atoms with Gasteiger partial charge in [-0.2, -0.15) is 0 Å². The monoisotopic (exact) mass is 189 g/mol. The summed E-state index contributed by atoms with van der Waals surface area (Å²) in [5.41, 5.74) is 11.7. The maximum atomic E-state index is 6.03. The van der Waals surface area contributed by atoms with Gasteiger partial charge in [0.15, 0.2) is 0 Å². The van der Waals surface area contributed by atoms with Crippen LogP contribution in [0.2, 0.25) is 0 Å². The van der Waals surface area contributed by atoms with E-state index < -0.39 is 0 Å². The second kappa shape index (κ2) is 3.39. The molecule has 1 aromatic rings. The molecule has 76 valence electrons. The lowest BCUT2D eigenvalue weighted by atomic mass is 9.72. The molecule has 14 heavy (non-hydrogen) atoms. The van der Waals surface area contributed by atoms with E-state index >= 15 is 0 Å². The smallest absolute Gasteiger partial charge is 0.0108 e. The maximum absolute atomic E-state index is 6.03. The largest absolute Gasteiger partial charge is 0.327 e. The Kier molecular flexibility index (Phi) is 2.36. The van der Waals surface area contributed by atoms with Crippen molar-refractivity contribution in [2.75, 3.05) is 0 Å². The summed E-state index contributed by atoms with van der Waals surface area (Å²) >= 11 is 0. The number of benzene rings is 1. The molecule has 1 aromatic carbocycles. The number of nitrogens with two attached hydrogens (primary N) is 1.